The molecule has 3 aromatic heterocycles. The number of fused-ring (bicyclic) bond motifs is 3. The van der Waals surface area contributed by atoms with Crippen LogP contribution in [0.15, 0.2) is 35.3 Å². The van der Waals surface area contributed by atoms with Crippen LogP contribution in [0, 0.1) is 5.82 Å². The number of carbonyl (C=O) groups is 1. The second-order valence-electron chi connectivity index (χ2n) is 12.3. The van der Waals surface area contributed by atoms with Crippen molar-refractivity contribution >= 4 is 34.4 Å². The average Bonchev–Trinajstić information content (AvgIpc) is 3.54. The van der Waals surface area contributed by atoms with Crippen molar-refractivity contribution in [2.75, 3.05) is 37.0 Å². The van der Waals surface area contributed by atoms with E-state index in [-0.39, 0.29) is 17.2 Å². The molecule has 1 aromatic carbocycles. The van der Waals surface area contributed by atoms with Gasteiger partial charge in [-0.3, -0.25) is 19.2 Å². The normalized spacial score (nSPS) is 16.6. The lowest BCUT2D eigenvalue weighted by Crippen LogP contribution is -2.46. The number of aromatic nitrogens is 3. The summed E-state index contributed by atoms with van der Waals surface area (Å²) in [4.78, 5) is 32.9. The number of pyridine rings is 1. The molecule has 236 valence electrons. The lowest BCUT2D eigenvalue weighted by Gasteiger charge is -2.34. The molecule has 0 spiro atoms. The van der Waals surface area contributed by atoms with Crippen LogP contribution in [0.25, 0.3) is 11.1 Å². The summed E-state index contributed by atoms with van der Waals surface area (Å²) in [7, 11) is 5.53. The molecule has 0 saturated carbocycles. The number of anilines is 3. The predicted octanol–water partition coefficient (Wildman–Crippen LogP) is 4.13. The second-order valence-corrected chi connectivity index (χ2v) is 13.4. The van der Waals surface area contributed by atoms with Crippen molar-refractivity contribution in [3.63, 3.8) is 0 Å². The SMILES string of the molecule is CN(Cc1cc(Nc2cc(-c3cc(F)cc(N4CCc5c(sc6c5CCCC6)C4=O)c3CO)cn(C)c2=O)nn1C)C1COC1. The number of nitrogens with zero attached hydrogens (tertiary/aromatic N) is 5. The fourth-order valence-electron chi connectivity index (χ4n) is 6.70. The first-order valence-electron chi connectivity index (χ1n) is 15.4. The number of aliphatic hydroxyl groups excluding tert-OH is 1. The third kappa shape index (κ3) is 5.39. The molecule has 12 heteroatoms. The number of likely N-dealkylation sites (N-methyl/N-ethyl adjacent to an activating group) is 1. The fourth-order valence-corrected chi connectivity index (χ4v) is 8.08. The molecule has 0 atom stereocenters. The molecule has 0 bridgehead atoms. The Balaban J connectivity index is 1.21. The number of nitrogens with one attached hydrogen (secondary N) is 1. The Morgan fingerprint density at radius 1 is 1.11 bits per heavy atom. The highest BCUT2D eigenvalue weighted by molar-refractivity contribution is 7.14. The Morgan fingerprint density at radius 3 is 2.67 bits per heavy atom. The van der Waals surface area contributed by atoms with Crippen LogP contribution < -0.4 is 15.8 Å². The quantitative estimate of drug-likeness (QED) is 0.301. The number of benzene rings is 1. The summed E-state index contributed by atoms with van der Waals surface area (Å²) in [5, 5.41) is 18.3. The molecule has 1 amide bonds. The van der Waals surface area contributed by atoms with Gasteiger partial charge in [-0.15, -0.1) is 11.3 Å². The topological polar surface area (TPSA) is 105 Å². The van der Waals surface area contributed by atoms with E-state index in [1.165, 1.54) is 27.1 Å². The number of carbonyl (C=O) groups excluding carboxylic acids is 1. The van der Waals surface area contributed by atoms with Crippen LogP contribution >= 0.6 is 11.3 Å². The predicted molar refractivity (Wildman–Crippen MR) is 172 cm³/mol. The molecular weight excluding hydrogens is 595 g/mol. The number of amides is 1. The number of hydrogen-bond acceptors (Lipinski definition) is 8. The third-order valence-electron chi connectivity index (χ3n) is 9.33. The van der Waals surface area contributed by atoms with Crippen LogP contribution in [0.4, 0.5) is 21.6 Å². The van der Waals surface area contributed by atoms with Crippen molar-refractivity contribution in [1.29, 1.82) is 0 Å². The van der Waals surface area contributed by atoms with Gasteiger partial charge in [0, 0.05) is 55.5 Å². The Bertz CT molecular complexity index is 1860. The van der Waals surface area contributed by atoms with Crippen molar-refractivity contribution in [3.8, 4) is 11.1 Å². The number of aryl methyl sites for hydroxylation is 3. The Labute approximate surface area is 264 Å². The van der Waals surface area contributed by atoms with Crippen LogP contribution in [0.1, 0.15) is 49.8 Å². The number of ether oxygens (including phenoxy) is 1. The van der Waals surface area contributed by atoms with Crippen molar-refractivity contribution < 1.29 is 19.0 Å². The lowest BCUT2D eigenvalue weighted by molar-refractivity contribution is -0.0592. The number of aliphatic hydroxyl groups is 1. The minimum Gasteiger partial charge on any atom is -0.392 e. The maximum Gasteiger partial charge on any atom is 0.274 e. The molecule has 3 aliphatic rings. The van der Waals surface area contributed by atoms with Gasteiger partial charge < -0.3 is 24.6 Å². The highest BCUT2D eigenvalue weighted by Crippen LogP contribution is 2.41. The van der Waals surface area contributed by atoms with E-state index in [4.69, 9.17) is 4.74 Å². The van der Waals surface area contributed by atoms with Gasteiger partial charge in [0.25, 0.3) is 11.5 Å². The second kappa shape index (κ2) is 11.8. The van der Waals surface area contributed by atoms with E-state index in [9.17, 15) is 14.7 Å². The van der Waals surface area contributed by atoms with Gasteiger partial charge in [-0.2, -0.15) is 5.10 Å². The average molecular weight is 633 g/mol. The third-order valence-corrected chi connectivity index (χ3v) is 10.7. The standard InChI is InChI=1S/C33H37FN6O4S/c1-37(22-17-44-18-22)15-21-13-30(36-39(21)3)35-27-10-19(14-38(2)32(27)42)25-11-20(34)12-28(26(25)16-41)40-9-8-24-23-6-4-5-7-29(23)45-31(24)33(40)43/h10-14,22,41H,4-9,15-18H2,1-3H3,(H,35,36). The lowest BCUT2D eigenvalue weighted by atomic mass is 9.91. The summed E-state index contributed by atoms with van der Waals surface area (Å²) in [6, 6.07) is 6.60. The molecule has 45 heavy (non-hydrogen) atoms. The molecule has 4 aromatic rings. The fraction of sp³-hybridized carbons (Fsp3) is 0.424. The molecule has 5 heterocycles. The monoisotopic (exact) mass is 632 g/mol. The maximum atomic E-state index is 15.3. The highest BCUT2D eigenvalue weighted by atomic mass is 32.1. The van der Waals surface area contributed by atoms with Gasteiger partial charge in [0.1, 0.15) is 11.5 Å². The molecule has 1 fully saturated rings. The first-order chi connectivity index (χ1) is 21.7. The first-order valence-corrected chi connectivity index (χ1v) is 16.2. The largest absolute Gasteiger partial charge is 0.392 e. The maximum absolute atomic E-state index is 15.3. The zero-order valence-electron chi connectivity index (χ0n) is 25.7. The van der Waals surface area contributed by atoms with E-state index in [1.807, 2.05) is 20.2 Å². The van der Waals surface area contributed by atoms with Crippen molar-refractivity contribution in [3.05, 3.63) is 78.8 Å². The first kappa shape index (κ1) is 29.8. The Kier molecular flexibility index (Phi) is 7.84. The van der Waals surface area contributed by atoms with Crippen molar-refractivity contribution in [2.24, 2.45) is 14.1 Å². The van der Waals surface area contributed by atoms with Gasteiger partial charge in [0.05, 0.1) is 42.1 Å². The summed E-state index contributed by atoms with van der Waals surface area (Å²) < 4.78 is 23.8. The number of halogens is 1. The van der Waals surface area contributed by atoms with Crippen molar-refractivity contribution in [2.45, 2.75) is 51.3 Å². The smallest absolute Gasteiger partial charge is 0.274 e. The molecule has 7 rings (SSSR count). The molecule has 2 N–H and O–H groups in total. The molecule has 1 aliphatic carbocycles. The molecule has 0 unspecified atom stereocenters. The molecule has 2 aliphatic heterocycles. The Morgan fingerprint density at radius 2 is 1.91 bits per heavy atom. The summed E-state index contributed by atoms with van der Waals surface area (Å²) in [5.41, 5.74) is 5.17. The van der Waals surface area contributed by atoms with Crippen molar-refractivity contribution in [1.82, 2.24) is 19.2 Å². The van der Waals surface area contributed by atoms with Gasteiger partial charge in [-0.1, -0.05) is 0 Å². The summed E-state index contributed by atoms with van der Waals surface area (Å²) in [5.74, 6) is -0.165. The van der Waals surface area contributed by atoms with Crippen LogP contribution in [-0.2, 0) is 51.2 Å². The van der Waals surface area contributed by atoms with E-state index >= 15 is 4.39 Å². The summed E-state index contributed by atoms with van der Waals surface area (Å²) >= 11 is 1.57. The van der Waals surface area contributed by atoms with E-state index in [1.54, 1.807) is 40.2 Å². The van der Waals surface area contributed by atoms with Crippen LogP contribution in [0.2, 0.25) is 0 Å². The van der Waals surface area contributed by atoms with Gasteiger partial charge in [-0.05, 0) is 74.0 Å². The zero-order valence-corrected chi connectivity index (χ0v) is 26.5. The number of rotatable bonds is 8. The molecule has 0 radical (unpaired) electrons. The van der Waals surface area contributed by atoms with Crippen LogP contribution in [0.3, 0.4) is 0 Å². The minimum absolute atomic E-state index is 0.147. The summed E-state index contributed by atoms with van der Waals surface area (Å²) in [6.45, 7) is 2.10. The van der Waals surface area contributed by atoms with E-state index in [0.717, 1.165) is 41.8 Å². The zero-order chi connectivity index (χ0) is 31.4. The van der Waals surface area contributed by atoms with Gasteiger partial charge in [0.2, 0.25) is 0 Å². The Hall–Kier alpha value is -3.84. The number of thiophene rings is 1. The van der Waals surface area contributed by atoms with Crippen LogP contribution in [-0.4, -0.2) is 63.1 Å². The summed E-state index contributed by atoms with van der Waals surface area (Å²) in [6.07, 6.45) is 6.61. The number of hydrogen-bond donors (Lipinski definition) is 2. The highest BCUT2D eigenvalue weighted by Gasteiger charge is 2.33. The molecule has 1 saturated heterocycles. The molecular formula is C33H37FN6O4S. The van der Waals surface area contributed by atoms with E-state index < -0.39 is 12.4 Å². The van der Waals surface area contributed by atoms with E-state index in [2.05, 4.69) is 15.3 Å². The van der Waals surface area contributed by atoms with Gasteiger partial charge in [0.15, 0.2) is 5.82 Å². The van der Waals surface area contributed by atoms with Gasteiger partial charge >= 0.3 is 0 Å². The molecule has 10 nitrogen and oxygen atoms in total. The minimum atomic E-state index is -0.528. The van der Waals surface area contributed by atoms with Crippen LogP contribution in [0.5, 0.6) is 0 Å². The van der Waals surface area contributed by atoms with E-state index in [0.29, 0.717) is 67.0 Å². The van der Waals surface area contributed by atoms with Gasteiger partial charge in [-0.25, -0.2) is 4.39 Å².